The van der Waals surface area contributed by atoms with Gasteiger partial charge in [0.25, 0.3) is 5.91 Å². The summed E-state index contributed by atoms with van der Waals surface area (Å²) in [6, 6.07) is 5.05. The first-order chi connectivity index (χ1) is 11.8. The molecule has 0 bridgehead atoms. The molecule has 0 aromatic heterocycles. The average molecular weight is 369 g/mol. The fourth-order valence-corrected chi connectivity index (χ4v) is 4.04. The lowest BCUT2D eigenvalue weighted by Gasteiger charge is -2.40. The Kier molecular flexibility index (Phi) is 4.35. The highest BCUT2D eigenvalue weighted by Gasteiger charge is 2.46. The SMILES string of the molecule is COC(=O)Nc1ccc(S(=O)(=O)N2CC(N3C(=O)COC3=O)C2)cc1. The van der Waals surface area contributed by atoms with E-state index in [0.717, 1.165) is 4.90 Å². The standard InChI is InChI=1S/C14H15N3O7S/c1-23-13(19)15-9-2-4-11(5-3-9)25(21,22)16-6-10(7-16)17-12(18)8-24-14(17)20/h2-5,10H,6-8H2,1H3,(H,15,19). The third-order valence-corrected chi connectivity index (χ3v) is 5.75. The Morgan fingerprint density at radius 3 is 2.40 bits per heavy atom. The van der Waals surface area contributed by atoms with Gasteiger partial charge in [-0.05, 0) is 24.3 Å². The van der Waals surface area contributed by atoms with Crippen molar-refractivity contribution < 1.29 is 32.3 Å². The van der Waals surface area contributed by atoms with Crippen LogP contribution in [-0.4, -0.2) is 68.6 Å². The van der Waals surface area contributed by atoms with E-state index in [4.69, 9.17) is 0 Å². The van der Waals surface area contributed by atoms with Gasteiger partial charge in [-0.3, -0.25) is 10.1 Å². The average Bonchev–Trinajstić information content (AvgIpc) is 2.86. The number of benzene rings is 1. The number of hydrogen-bond acceptors (Lipinski definition) is 7. The van der Waals surface area contributed by atoms with Crippen LogP contribution >= 0.6 is 0 Å². The predicted molar refractivity (Wildman–Crippen MR) is 83.2 cm³/mol. The summed E-state index contributed by atoms with van der Waals surface area (Å²) in [7, 11) is -2.53. The summed E-state index contributed by atoms with van der Waals surface area (Å²) in [5.74, 6) is -0.467. The van der Waals surface area contributed by atoms with Gasteiger partial charge in [0, 0.05) is 18.8 Å². The summed E-state index contributed by atoms with van der Waals surface area (Å²) < 4.78 is 35.3. The molecule has 2 heterocycles. The summed E-state index contributed by atoms with van der Waals surface area (Å²) in [6.45, 7) is -0.270. The minimum Gasteiger partial charge on any atom is -0.453 e. The third-order valence-electron chi connectivity index (χ3n) is 3.90. The molecule has 2 fully saturated rings. The molecule has 11 heteroatoms. The van der Waals surface area contributed by atoms with Gasteiger partial charge in [-0.1, -0.05) is 0 Å². The van der Waals surface area contributed by atoms with Crippen LogP contribution in [0.15, 0.2) is 29.2 Å². The minimum absolute atomic E-state index is 0.0192. The second kappa shape index (κ2) is 6.33. The molecule has 0 radical (unpaired) electrons. The number of carbonyl (C=O) groups excluding carboxylic acids is 3. The maximum Gasteiger partial charge on any atom is 0.417 e. The van der Waals surface area contributed by atoms with E-state index in [2.05, 4.69) is 14.8 Å². The molecule has 0 saturated carbocycles. The monoisotopic (exact) mass is 369 g/mol. The molecule has 0 unspecified atom stereocenters. The van der Waals surface area contributed by atoms with E-state index >= 15 is 0 Å². The number of rotatable bonds is 4. The molecule has 2 aliphatic rings. The normalized spacial score (nSPS) is 18.7. The highest BCUT2D eigenvalue weighted by Crippen LogP contribution is 2.27. The lowest BCUT2D eigenvalue weighted by atomic mass is 10.1. The van der Waals surface area contributed by atoms with Gasteiger partial charge in [-0.25, -0.2) is 22.9 Å². The Balaban J connectivity index is 1.66. The van der Waals surface area contributed by atoms with Crippen molar-refractivity contribution in [3.05, 3.63) is 24.3 Å². The number of anilines is 1. The Hall–Kier alpha value is -2.66. The third kappa shape index (κ3) is 3.15. The molecule has 134 valence electrons. The van der Waals surface area contributed by atoms with E-state index in [-0.39, 0.29) is 24.6 Å². The van der Waals surface area contributed by atoms with Crippen LogP contribution < -0.4 is 5.32 Å². The number of nitrogens with zero attached hydrogens (tertiary/aromatic N) is 2. The molecule has 0 spiro atoms. The van der Waals surface area contributed by atoms with Crippen LogP contribution in [0.1, 0.15) is 0 Å². The second-order valence-electron chi connectivity index (χ2n) is 5.44. The maximum absolute atomic E-state index is 12.5. The van der Waals surface area contributed by atoms with E-state index in [9.17, 15) is 22.8 Å². The van der Waals surface area contributed by atoms with Gasteiger partial charge >= 0.3 is 12.2 Å². The molecule has 0 atom stereocenters. The molecular weight excluding hydrogens is 354 g/mol. The van der Waals surface area contributed by atoms with E-state index in [1.54, 1.807) is 0 Å². The number of carbonyl (C=O) groups is 3. The first-order valence-electron chi connectivity index (χ1n) is 7.27. The molecule has 3 rings (SSSR count). The zero-order valence-corrected chi connectivity index (χ0v) is 14.0. The number of methoxy groups -OCH3 is 1. The van der Waals surface area contributed by atoms with E-state index < -0.39 is 34.2 Å². The van der Waals surface area contributed by atoms with Crippen LogP contribution in [0.3, 0.4) is 0 Å². The minimum atomic E-state index is -3.75. The van der Waals surface area contributed by atoms with Gasteiger partial charge < -0.3 is 9.47 Å². The summed E-state index contributed by atoms with van der Waals surface area (Å²) in [5.41, 5.74) is 0.387. The number of cyclic esters (lactones) is 1. The van der Waals surface area contributed by atoms with Crippen molar-refractivity contribution in [3.8, 4) is 0 Å². The van der Waals surface area contributed by atoms with Crippen molar-refractivity contribution >= 4 is 33.8 Å². The molecule has 25 heavy (non-hydrogen) atoms. The second-order valence-corrected chi connectivity index (χ2v) is 7.37. The van der Waals surface area contributed by atoms with Gasteiger partial charge in [0.05, 0.1) is 18.0 Å². The largest absolute Gasteiger partial charge is 0.453 e. The fourth-order valence-electron chi connectivity index (χ4n) is 2.52. The van der Waals surface area contributed by atoms with Crippen molar-refractivity contribution in [3.63, 3.8) is 0 Å². The van der Waals surface area contributed by atoms with Crippen LogP contribution in [0, 0.1) is 0 Å². The first-order valence-corrected chi connectivity index (χ1v) is 8.71. The quantitative estimate of drug-likeness (QED) is 0.805. The number of amides is 3. The van der Waals surface area contributed by atoms with Crippen molar-refractivity contribution in [1.82, 2.24) is 9.21 Å². The number of hydrogen-bond donors (Lipinski definition) is 1. The van der Waals surface area contributed by atoms with Crippen LogP contribution in [0.25, 0.3) is 0 Å². The summed E-state index contributed by atoms with van der Waals surface area (Å²) >= 11 is 0. The maximum atomic E-state index is 12.5. The van der Waals surface area contributed by atoms with Crippen molar-refractivity contribution in [1.29, 1.82) is 0 Å². The Morgan fingerprint density at radius 2 is 1.88 bits per heavy atom. The summed E-state index contributed by atoms with van der Waals surface area (Å²) in [6.07, 6.45) is -1.41. The molecule has 2 saturated heterocycles. The fraction of sp³-hybridized carbons (Fsp3) is 0.357. The van der Waals surface area contributed by atoms with E-state index in [1.807, 2.05) is 0 Å². The highest BCUT2D eigenvalue weighted by atomic mass is 32.2. The molecule has 1 aromatic carbocycles. The van der Waals surface area contributed by atoms with Gasteiger partial charge in [-0.2, -0.15) is 4.31 Å². The molecule has 3 amide bonds. The Morgan fingerprint density at radius 1 is 1.24 bits per heavy atom. The zero-order valence-electron chi connectivity index (χ0n) is 13.2. The van der Waals surface area contributed by atoms with Crippen molar-refractivity contribution in [2.45, 2.75) is 10.9 Å². The van der Waals surface area contributed by atoms with Gasteiger partial charge in [0.1, 0.15) is 0 Å². The summed E-state index contributed by atoms with van der Waals surface area (Å²) in [4.78, 5) is 35.1. The zero-order chi connectivity index (χ0) is 18.2. The molecule has 1 N–H and O–H groups in total. The van der Waals surface area contributed by atoms with Crippen LogP contribution in [0.5, 0.6) is 0 Å². The van der Waals surface area contributed by atoms with E-state index in [1.165, 1.54) is 35.7 Å². The Bertz CT molecular complexity index is 799. The van der Waals surface area contributed by atoms with Crippen molar-refractivity contribution in [2.75, 3.05) is 32.1 Å². The van der Waals surface area contributed by atoms with Gasteiger partial charge in [0.15, 0.2) is 6.61 Å². The first kappa shape index (κ1) is 17.2. The van der Waals surface area contributed by atoms with Crippen LogP contribution in [-0.2, 0) is 24.3 Å². The molecule has 2 aliphatic heterocycles. The van der Waals surface area contributed by atoms with Crippen LogP contribution in [0.2, 0.25) is 0 Å². The van der Waals surface area contributed by atoms with E-state index in [0.29, 0.717) is 5.69 Å². The molecule has 1 aromatic rings. The highest BCUT2D eigenvalue weighted by molar-refractivity contribution is 7.89. The lowest BCUT2D eigenvalue weighted by molar-refractivity contribution is -0.128. The predicted octanol–water partition coefficient (Wildman–Crippen LogP) is 0.217. The number of nitrogens with one attached hydrogen (secondary N) is 1. The lowest BCUT2D eigenvalue weighted by Crippen LogP contribution is -2.62. The topological polar surface area (TPSA) is 122 Å². The number of ether oxygens (including phenoxy) is 2. The van der Waals surface area contributed by atoms with Gasteiger partial charge in [-0.15, -0.1) is 0 Å². The van der Waals surface area contributed by atoms with Crippen molar-refractivity contribution in [2.24, 2.45) is 0 Å². The smallest absolute Gasteiger partial charge is 0.417 e. The molecular formula is C14H15N3O7S. The molecule has 10 nitrogen and oxygen atoms in total. The Labute approximate surface area is 143 Å². The van der Waals surface area contributed by atoms with Gasteiger partial charge in [0.2, 0.25) is 10.0 Å². The summed E-state index contributed by atoms with van der Waals surface area (Å²) in [5, 5.41) is 2.42. The van der Waals surface area contributed by atoms with Crippen LogP contribution in [0.4, 0.5) is 15.3 Å². The number of sulfonamides is 1. The number of imide groups is 1. The molecule has 0 aliphatic carbocycles.